The molecule has 0 amide bonds. The van der Waals surface area contributed by atoms with Crippen LogP contribution >= 0.6 is 11.3 Å². The number of rotatable bonds is 3. The number of para-hydroxylation sites is 1. The summed E-state index contributed by atoms with van der Waals surface area (Å²) in [4.78, 5) is 15.2. The third kappa shape index (κ3) is 3.82. The fraction of sp³-hybridized carbons (Fsp3) is 0. The van der Waals surface area contributed by atoms with Crippen molar-refractivity contribution in [2.24, 2.45) is 0 Å². The SMILES string of the molecule is c1ccc(-c2nc(-c3ccc4c(c3)oc3ccccc34)nc(-c3cccc4c3ccc3ccc5c6ccccc6sc5c34)n2)cc1. The third-order valence-electron chi connectivity index (χ3n) is 8.93. The topological polar surface area (TPSA) is 51.8 Å². The molecule has 0 saturated heterocycles. The molecule has 214 valence electrons. The summed E-state index contributed by atoms with van der Waals surface area (Å²) >= 11 is 1.86. The van der Waals surface area contributed by atoms with Gasteiger partial charge in [-0.25, -0.2) is 15.0 Å². The molecule has 0 aliphatic rings. The van der Waals surface area contributed by atoms with Crippen molar-refractivity contribution in [2.75, 3.05) is 0 Å². The molecule has 4 nitrogen and oxygen atoms in total. The van der Waals surface area contributed by atoms with E-state index >= 15 is 0 Å². The van der Waals surface area contributed by atoms with Crippen LogP contribution in [-0.2, 0) is 0 Å². The minimum Gasteiger partial charge on any atom is -0.456 e. The number of furan rings is 1. The summed E-state index contributed by atoms with van der Waals surface area (Å²) in [7, 11) is 0. The Morgan fingerprint density at radius 2 is 1.11 bits per heavy atom. The zero-order valence-corrected chi connectivity index (χ0v) is 25.3. The fourth-order valence-corrected chi connectivity index (χ4v) is 8.03. The number of thiophene rings is 1. The van der Waals surface area contributed by atoms with Gasteiger partial charge >= 0.3 is 0 Å². The van der Waals surface area contributed by atoms with E-state index in [1.54, 1.807) is 0 Å². The maximum Gasteiger partial charge on any atom is 0.164 e. The third-order valence-corrected chi connectivity index (χ3v) is 10.1. The highest BCUT2D eigenvalue weighted by Crippen LogP contribution is 2.42. The van der Waals surface area contributed by atoms with Crippen LogP contribution in [0.5, 0.6) is 0 Å². The zero-order valence-electron chi connectivity index (χ0n) is 24.4. The Labute approximate surface area is 267 Å². The maximum absolute atomic E-state index is 6.23. The molecule has 5 heteroatoms. The van der Waals surface area contributed by atoms with Gasteiger partial charge in [0.15, 0.2) is 17.5 Å². The van der Waals surface area contributed by atoms with Gasteiger partial charge in [0.05, 0.1) is 0 Å². The smallest absolute Gasteiger partial charge is 0.164 e. The zero-order chi connectivity index (χ0) is 30.2. The van der Waals surface area contributed by atoms with E-state index in [-0.39, 0.29) is 0 Å². The van der Waals surface area contributed by atoms with Crippen LogP contribution in [-0.4, -0.2) is 15.0 Å². The van der Waals surface area contributed by atoms with Crippen molar-refractivity contribution in [3.05, 3.63) is 140 Å². The molecule has 3 aromatic heterocycles. The molecule has 0 N–H and O–H groups in total. The molecule has 0 atom stereocenters. The summed E-state index contributed by atoms with van der Waals surface area (Å²) in [5.74, 6) is 1.88. The molecule has 0 aliphatic carbocycles. The first kappa shape index (κ1) is 25.4. The van der Waals surface area contributed by atoms with E-state index < -0.39 is 0 Å². The Balaban J connectivity index is 1.23. The van der Waals surface area contributed by atoms with E-state index in [9.17, 15) is 0 Å². The lowest BCUT2D eigenvalue weighted by Gasteiger charge is -2.12. The Bertz CT molecular complexity index is 2820. The van der Waals surface area contributed by atoms with Gasteiger partial charge in [0.1, 0.15) is 11.2 Å². The van der Waals surface area contributed by atoms with Crippen molar-refractivity contribution in [3.8, 4) is 34.2 Å². The van der Waals surface area contributed by atoms with E-state index in [2.05, 4.69) is 84.9 Å². The van der Waals surface area contributed by atoms with E-state index in [0.717, 1.165) is 44.0 Å². The molecular formula is C41H23N3OS. The second-order valence-electron chi connectivity index (χ2n) is 11.6. The normalized spacial score (nSPS) is 11.9. The van der Waals surface area contributed by atoms with Gasteiger partial charge in [-0.15, -0.1) is 11.3 Å². The highest BCUT2D eigenvalue weighted by molar-refractivity contribution is 7.26. The van der Waals surface area contributed by atoms with E-state index in [0.29, 0.717) is 17.5 Å². The first-order chi connectivity index (χ1) is 22.8. The van der Waals surface area contributed by atoms with Gasteiger partial charge in [0.25, 0.3) is 0 Å². The Morgan fingerprint density at radius 1 is 0.435 bits per heavy atom. The number of hydrogen-bond donors (Lipinski definition) is 0. The first-order valence-electron chi connectivity index (χ1n) is 15.3. The summed E-state index contributed by atoms with van der Waals surface area (Å²) in [5, 5.41) is 9.57. The van der Waals surface area contributed by atoms with Gasteiger partial charge in [0, 0.05) is 53.0 Å². The van der Waals surface area contributed by atoms with Gasteiger partial charge in [0.2, 0.25) is 0 Å². The number of nitrogens with zero attached hydrogens (tertiary/aromatic N) is 3. The average molecular weight is 606 g/mol. The molecule has 3 heterocycles. The minimum absolute atomic E-state index is 0.607. The average Bonchev–Trinajstić information content (AvgIpc) is 3.69. The van der Waals surface area contributed by atoms with Crippen molar-refractivity contribution >= 4 is 75.0 Å². The van der Waals surface area contributed by atoms with Gasteiger partial charge in [-0.1, -0.05) is 115 Å². The highest BCUT2D eigenvalue weighted by Gasteiger charge is 2.18. The van der Waals surface area contributed by atoms with Crippen LogP contribution in [0.25, 0.3) is 97.8 Å². The predicted octanol–water partition coefficient (Wildman–Crippen LogP) is 11.4. The van der Waals surface area contributed by atoms with Gasteiger partial charge < -0.3 is 4.42 Å². The molecular weight excluding hydrogens is 583 g/mol. The van der Waals surface area contributed by atoms with Crippen molar-refractivity contribution < 1.29 is 4.42 Å². The monoisotopic (exact) mass is 605 g/mol. The van der Waals surface area contributed by atoms with Crippen LogP contribution in [0.3, 0.4) is 0 Å². The molecule has 0 fully saturated rings. The van der Waals surface area contributed by atoms with Crippen molar-refractivity contribution in [1.82, 2.24) is 15.0 Å². The molecule has 10 rings (SSSR count). The van der Waals surface area contributed by atoms with E-state index in [1.165, 1.54) is 36.3 Å². The number of benzene rings is 7. The number of fused-ring (bicyclic) bond motifs is 10. The van der Waals surface area contributed by atoms with Crippen LogP contribution < -0.4 is 0 Å². The summed E-state index contributed by atoms with van der Waals surface area (Å²) in [6, 6.07) is 48.5. The van der Waals surface area contributed by atoms with Crippen LogP contribution in [0, 0.1) is 0 Å². The van der Waals surface area contributed by atoms with Crippen molar-refractivity contribution in [1.29, 1.82) is 0 Å². The molecule has 0 aliphatic heterocycles. The molecule has 0 radical (unpaired) electrons. The fourth-order valence-electron chi connectivity index (χ4n) is 6.76. The summed E-state index contributed by atoms with van der Waals surface area (Å²) in [6.07, 6.45) is 0. The number of aromatic nitrogens is 3. The first-order valence-corrected chi connectivity index (χ1v) is 16.1. The summed E-state index contributed by atoms with van der Waals surface area (Å²) in [6.45, 7) is 0. The highest BCUT2D eigenvalue weighted by atomic mass is 32.1. The van der Waals surface area contributed by atoms with Gasteiger partial charge in [-0.3, -0.25) is 0 Å². The molecule has 0 unspecified atom stereocenters. The minimum atomic E-state index is 0.607. The largest absolute Gasteiger partial charge is 0.456 e. The van der Waals surface area contributed by atoms with Crippen LogP contribution in [0.4, 0.5) is 0 Å². The summed E-state index contributed by atoms with van der Waals surface area (Å²) < 4.78 is 8.84. The lowest BCUT2D eigenvalue weighted by molar-refractivity contribution is 0.669. The Kier molecular flexibility index (Phi) is 5.41. The van der Waals surface area contributed by atoms with Crippen LogP contribution in [0.15, 0.2) is 144 Å². The molecule has 0 saturated carbocycles. The summed E-state index contributed by atoms with van der Waals surface area (Å²) in [5.41, 5.74) is 4.47. The van der Waals surface area contributed by atoms with Gasteiger partial charge in [-0.05, 0) is 40.4 Å². The van der Waals surface area contributed by atoms with Crippen LogP contribution in [0.1, 0.15) is 0 Å². The second-order valence-corrected chi connectivity index (χ2v) is 12.6. The standard InChI is InChI=1S/C41H23N3OS/c1-2-9-25(10-3-1)39-42-40(26-19-21-29-28-11-4-6-15-34(28)45-35(29)23-26)44-41(43-39)33-14-8-13-31-27(33)20-17-24-18-22-32-30-12-5-7-16-36(30)46-38(32)37(24)31/h1-23H. The lowest BCUT2D eigenvalue weighted by atomic mass is 9.96. The second kappa shape index (κ2) is 9.80. The van der Waals surface area contributed by atoms with Crippen molar-refractivity contribution in [3.63, 3.8) is 0 Å². The van der Waals surface area contributed by atoms with E-state index in [1.807, 2.05) is 65.9 Å². The maximum atomic E-state index is 6.23. The Hall–Kier alpha value is -5.91. The Morgan fingerprint density at radius 3 is 2.00 bits per heavy atom. The molecule has 10 aromatic rings. The molecule has 0 spiro atoms. The van der Waals surface area contributed by atoms with Crippen LogP contribution in [0.2, 0.25) is 0 Å². The molecule has 46 heavy (non-hydrogen) atoms. The quantitative estimate of drug-likeness (QED) is 0.188. The lowest BCUT2D eigenvalue weighted by Crippen LogP contribution is -2.00. The number of hydrogen-bond acceptors (Lipinski definition) is 5. The molecule has 0 bridgehead atoms. The van der Waals surface area contributed by atoms with E-state index in [4.69, 9.17) is 19.4 Å². The van der Waals surface area contributed by atoms with Gasteiger partial charge in [-0.2, -0.15) is 0 Å². The predicted molar refractivity (Wildman–Crippen MR) is 191 cm³/mol. The van der Waals surface area contributed by atoms with Crippen molar-refractivity contribution in [2.45, 2.75) is 0 Å². The molecule has 7 aromatic carbocycles.